The molecule has 0 aliphatic carbocycles. The highest BCUT2D eigenvalue weighted by Gasteiger charge is 2.20. The Kier molecular flexibility index (Phi) is 4.79. The minimum absolute atomic E-state index is 0.190. The van der Waals surface area contributed by atoms with Crippen LogP contribution in [-0.4, -0.2) is 37.2 Å². The van der Waals surface area contributed by atoms with E-state index in [9.17, 15) is 4.79 Å². The number of carbonyl (C=O) groups excluding carboxylic acids is 1. The molecule has 0 radical (unpaired) electrons. The molecule has 1 aromatic carbocycles. The van der Waals surface area contributed by atoms with Crippen molar-refractivity contribution in [1.29, 1.82) is 0 Å². The van der Waals surface area contributed by atoms with E-state index in [1.54, 1.807) is 30.5 Å². The minimum Gasteiger partial charge on any atom is -0.378 e. The quantitative estimate of drug-likeness (QED) is 0.938. The summed E-state index contributed by atoms with van der Waals surface area (Å²) in [6.45, 7) is 4.68. The van der Waals surface area contributed by atoms with Crippen LogP contribution in [0, 0.1) is 6.92 Å². The van der Waals surface area contributed by atoms with Crippen LogP contribution in [0.2, 0.25) is 5.02 Å². The molecule has 1 N–H and O–H groups in total. The van der Waals surface area contributed by atoms with Gasteiger partial charge >= 0.3 is 0 Å². The highest BCUT2D eigenvalue weighted by atomic mass is 35.5. The van der Waals surface area contributed by atoms with Crippen molar-refractivity contribution in [3.63, 3.8) is 0 Å². The summed E-state index contributed by atoms with van der Waals surface area (Å²) in [6.07, 6.45) is 1.70. The van der Waals surface area contributed by atoms with Crippen molar-refractivity contribution < 1.29 is 9.53 Å². The largest absolute Gasteiger partial charge is 0.378 e. The van der Waals surface area contributed by atoms with Crippen LogP contribution < -0.4 is 10.2 Å². The van der Waals surface area contributed by atoms with Crippen LogP contribution in [0.15, 0.2) is 36.5 Å². The van der Waals surface area contributed by atoms with E-state index < -0.39 is 0 Å². The van der Waals surface area contributed by atoms with Crippen molar-refractivity contribution in [2.24, 2.45) is 0 Å². The maximum Gasteiger partial charge on any atom is 0.259 e. The van der Waals surface area contributed by atoms with Gasteiger partial charge in [-0.1, -0.05) is 17.7 Å². The van der Waals surface area contributed by atoms with E-state index in [1.165, 1.54) is 0 Å². The molecule has 1 amide bonds. The van der Waals surface area contributed by atoms with Crippen molar-refractivity contribution >= 4 is 29.0 Å². The standard InChI is InChI=1S/C17H18ClN3O2/c1-12-4-5-13(18)11-15(12)20-17(22)14-3-2-6-19-16(14)21-7-9-23-10-8-21/h2-6,11H,7-10H2,1H3,(H,20,22). The molecule has 1 fully saturated rings. The second-order valence-corrected chi connectivity index (χ2v) is 5.82. The highest BCUT2D eigenvalue weighted by molar-refractivity contribution is 6.31. The first-order chi connectivity index (χ1) is 11.1. The Balaban J connectivity index is 1.86. The number of benzene rings is 1. The predicted molar refractivity (Wildman–Crippen MR) is 91.4 cm³/mol. The number of hydrogen-bond acceptors (Lipinski definition) is 4. The average Bonchev–Trinajstić information content (AvgIpc) is 2.59. The number of anilines is 2. The maximum absolute atomic E-state index is 12.7. The van der Waals surface area contributed by atoms with E-state index in [4.69, 9.17) is 16.3 Å². The lowest BCUT2D eigenvalue weighted by molar-refractivity contribution is 0.102. The van der Waals surface area contributed by atoms with Gasteiger partial charge in [-0.25, -0.2) is 4.98 Å². The number of hydrogen-bond donors (Lipinski definition) is 1. The Bertz CT molecular complexity index is 715. The van der Waals surface area contributed by atoms with Gasteiger partial charge in [0, 0.05) is 30.0 Å². The molecule has 1 aromatic heterocycles. The summed E-state index contributed by atoms with van der Waals surface area (Å²) in [7, 11) is 0. The van der Waals surface area contributed by atoms with Crippen LogP contribution in [0.25, 0.3) is 0 Å². The summed E-state index contributed by atoms with van der Waals surface area (Å²) >= 11 is 6.01. The van der Waals surface area contributed by atoms with Gasteiger partial charge in [0.2, 0.25) is 0 Å². The van der Waals surface area contributed by atoms with Crippen molar-refractivity contribution in [3.8, 4) is 0 Å². The van der Waals surface area contributed by atoms with Crippen molar-refractivity contribution in [2.75, 3.05) is 36.5 Å². The minimum atomic E-state index is -0.190. The van der Waals surface area contributed by atoms with Crippen molar-refractivity contribution in [1.82, 2.24) is 4.98 Å². The number of pyridine rings is 1. The number of aromatic nitrogens is 1. The van der Waals surface area contributed by atoms with Crippen LogP contribution in [0.1, 0.15) is 15.9 Å². The molecule has 23 heavy (non-hydrogen) atoms. The van der Waals surface area contributed by atoms with Gasteiger partial charge in [-0.15, -0.1) is 0 Å². The molecule has 1 aliphatic rings. The smallest absolute Gasteiger partial charge is 0.259 e. The SMILES string of the molecule is Cc1ccc(Cl)cc1NC(=O)c1cccnc1N1CCOCC1. The van der Waals surface area contributed by atoms with Gasteiger partial charge in [0.25, 0.3) is 5.91 Å². The molecule has 5 nitrogen and oxygen atoms in total. The van der Waals surface area contributed by atoms with E-state index in [0.29, 0.717) is 35.3 Å². The molecule has 1 aliphatic heterocycles. The molecule has 1 saturated heterocycles. The first-order valence-corrected chi connectivity index (χ1v) is 7.88. The first kappa shape index (κ1) is 15.8. The molecule has 2 aromatic rings. The van der Waals surface area contributed by atoms with E-state index in [0.717, 1.165) is 18.7 Å². The lowest BCUT2D eigenvalue weighted by Crippen LogP contribution is -2.38. The summed E-state index contributed by atoms with van der Waals surface area (Å²) in [5.74, 6) is 0.498. The van der Waals surface area contributed by atoms with E-state index >= 15 is 0 Å². The van der Waals surface area contributed by atoms with Crippen LogP contribution >= 0.6 is 11.6 Å². The second-order valence-electron chi connectivity index (χ2n) is 5.39. The third-order valence-corrected chi connectivity index (χ3v) is 4.02. The van der Waals surface area contributed by atoms with Gasteiger partial charge in [0.05, 0.1) is 18.8 Å². The highest BCUT2D eigenvalue weighted by Crippen LogP contribution is 2.23. The van der Waals surface area contributed by atoms with Gasteiger partial charge in [-0.05, 0) is 36.8 Å². The van der Waals surface area contributed by atoms with Crippen LogP contribution in [0.3, 0.4) is 0 Å². The third kappa shape index (κ3) is 3.63. The number of carbonyl (C=O) groups is 1. The number of amides is 1. The molecule has 0 spiro atoms. The van der Waals surface area contributed by atoms with Crippen LogP contribution in [-0.2, 0) is 4.74 Å². The second kappa shape index (κ2) is 6.98. The Morgan fingerprint density at radius 2 is 2.09 bits per heavy atom. The molecule has 2 heterocycles. The van der Waals surface area contributed by atoms with Crippen molar-refractivity contribution in [2.45, 2.75) is 6.92 Å². The number of rotatable bonds is 3. The fourth-order valence-corrected chi connectivity index (χ4v) is 2.69. The molecule has 0 bridgehead atoms. The molecule has 0 unspecified atom stereocenters. The summed E-state index contributed by atoms with van der Waals surface area (Å²) < 4.78 is 5.36. The van der Waals surface area contributed by atoms with E-state index in [1.807, 2.05) is 13.0 Å². The lowest BCUT2D eigenvalue weighted by Gasteiger charge is -2.29. The summed E-state index contributed by atoms with van der Waals surface area (Å²) in [6, 6.07) is 8.98. The third-order valence-electron chi connectivity index (χ3n) is 3.79. The zero-order valence-corrected chi connectivity index (χ0v) is 13.6. The average molecular weight is 332 g/mol. The first-order valence-electron chi connectivity index (χ1n) is 7.50. The maximum atomic E-state index is 12.7. The van der Waals surface area contributed by atoms with Crippen LogP contribution in [0.5, 0.6) is 0 Å². The number of aryl methyl sites for hydroxylation is 1. The number of ether oxygens (including phenoxy) is 1. The molecule has 0 saturated carbocycles. The number of halogens is 1. The monoisotopic (exact) mass is 331 g/mol. The number of nitrogens with one attached hydrogen (secondary N) is 1. The number of morpholine rings is 1. The van der Waals surface area contributed by atoms with Crippen molar-refractivity contribution in [3.05, 3.63) is 52.7 Å². The Hall–Kier alpha value is -2.11. The molecule has 120 valence electrons. The van der Waals surface area contributed by atoms with E-state index in [2.05, 4.69) is 15.2 Å². The van der Waals surface area contributed by atoms with Crippen LogP contribution in [0.4, 0.5) is 11.5 Å². The van der Waals surface area contributed by atoms with Gasteiger partial charge in [-0.3, -0.25) is 4.79 Å². The summed E-state index contributed by atoms with van der Waals surface area (Å²) in [5.41, 5.74) is 2.22. The van der Waals surface area contributed by atoms with Gasteiger partial charge in [0.1, 0.15) is 5.82 Å². The molecular formula is C17H18ClN3O2. The Labute approximate surface area is 140 Å². The van der Waals surface area contributed by atoms with E-state index in [-0.39, 0.29) is 5.91 Å². The zero-order valence-electron chi connectivity index (χ0n) is 12.9. The Morgan fingerprint density at radius 3 is 2.87 bits per heavy atom. The normalized spacial score (nSPS) is 14.6. The Morgan fingerprint density at radius 1 is 1.30 bits per heavy atom. The number of nitrogens with zero attached hydrogens (tertiary/aromatic N) is 2. The zero-order chi connectivity index (χ0) is 16.2. The lowest BCUT2D eigenvalue weighted by atomic mass is 10.1. The summed E-state index contributed by atoms with van der Waals surface area (Å²) in [4.78, 5) is 19.2. The van der Waals surface area contributed by atoms with Gasteiger partial charge < -0.3 is 15.0 Å². The fraction of sp³-hybridized carbons (Fsp3) is 0.294. The predicted octanol–water partition coefficient (Wildman–Crippen LogP) is 3.13. The summed E-state index contributed by atoms with van der Waals surface area (Å²) in [5, 5.41) is 3.51. The topological polar surface area (TPSA) is 54.5 Å². The van der Waals surface area contributed by atoms with Gasteiger partial charge in [0.15, 0.2) is 0 Å². The molecule has 6 heteroatoms. The van der Waals surface area contributed by atoms with Gasteiger partial charge in [-0.2, -0.15) is 0 Å². The molecule has 3 rings (SSSR count). The molecular weight excluding hydrogens is 314 g/mol. The fourth-order valence-electron chi connectivity index (χ4n) is 2.52. The molecule has 0 atom stereocenters.